The summed E-state index contributed by atoms with van der Waals surface area (Å²) in [6.45, 7) is 2.70. The number of imidazole rings is 1. The van der Waals surface area contributed by atoms with Gasteiger partial charge < -0.3 is 14.1 Å². The number of carboxylic acids is 1. The number of nitrogens with zero attached hydrogens (tertiary/aromatic N) is 2. The Kier molecular flexibility index (Phi) is 2.29. The molecule has 0 fully saturated rings. The van der Waals surface area contributed by atoms with E-state index in [-0.39, 0.29) is 5.76 Å². The highest BCUT2D eigenvalue weighted by Gasteiger charge is 2.18. The molecule has 5 nitrogen and oxygen atoms in total. The molecule has 0 radical (unpaired) electrons. The monoisotopic (exact) mass is 206 g/mol. The summed E-state index contributed by atoms with van der Waals surface area (Å²) in [5.41, 5.74) is 0.509. The second-order valence-corrected chi connectivity index (χ2v) is 3.01. The van der Waals surface area contributed by atoms with Crippen molar-refractivity contribution in [2.24, 2.45) is 0 Å². The topological polar surface area (TPSA) is 68.3 Å². The Bertz CT molecular complexity index is 484. The lowest BCUT2D eigenvalue weighted by Gasteiger charge is -2.02. The zero-order chi connectivity index (χ0) is 10.8. The highest BCUT2D eigenvalue weighted by atomic mass is 16.4. The first kappa shape index (κ1) is 9.51. The number of rotatable bonds is 3. The van der Waals surface area contributed by atoms with Crippen molar-refractivity contribution in [2.75, 3.05) is 0 Å². The summed E-state index contributed by atoms with van der Waals surface area (Å²) in [6.07, 6.45) is 4.79. The van der Waals surface area contributed by atoms with Gasteiger partial charge in [0.1, 0.15) is 5.82 Å². The number of carboxylic acid groups (broad SMARTS) is 1. The van der Waals surface area contributed by atoms with Gasteiger partial charge in [0.25, 0.3) is 0 Å². The molecule has 0 spiro atoms. The van der Waals surface area contributed by atoms with Crippen LogP contribution in [0.5, 0.6) is 0 Å². The van der Waals surface area contributed by atoms with Crippen LogP contribution in [0.4, 0.5) is 0 Å². The lowest BCUT2D eigenvalue weighted by molar-refractivity contribution is 0.0663. The number of furan rings is 1. The third-order valence-electron chi connectivity index (χ3n) is 2.16. The van der Waals surface area contributed by atoms with Crippen LogP contribution in [0.25, 0.3) is 11.4 Å². The van der Waals surface area contributed by atoms with Crippen LogP contribution in [0.15, 0.2) is 29.1 Å². The molecule has 0 aromatic carbocycles. The molecule has 2 rings (SSSR count). The molecule has 0 aliphatic heterocycles. The molecule has 5 heteroatoms. The van der Waals surface area contributed by atoms with E-state index >= 15 is 0 Å². The van der Waals surface area contributed by atoms with E-state index in [4.69, 9.17) is 9.52 Å². The van der Waals surface area contributed by atoms with Crippen molar-refractivity contribution in [1.29, 1.82) is 0 Å². The van der Waals surface area contributed by atoms with E-state index in [0.717, 1.165) is 6.54 Å². The van der Waals surface area contributed by atoms with Crippen LogP contribution in [0, 0.1) is 0 Å². The summed E-state index contributed by atoms with van der Waals surface area (Å²) >= 11 is 0. The standard InChI is InChI=1S/C10H10N2O3/c1-2-12-5-4-11-9(12)7-3-6-15-8(7)10(13)14/h3-6H,2H2,1H3,(H,13,14). The number of hydrogen-bond donors (Lipinski definition) is 1. The molecule has 0 aliphatic carbocycles. The molecule has 0 saturated heterocycles. The summed E-state index contributed by atoms with van der Waals surface area (Å²) < 4.78 is 6.75. The number of hydrogen-bond acceptors (Lipinski definition) is 3. The normalized spacial score (nSPS) is 10.5. The minimum Gasteiger partial charge on any atom is -0.475 e. The van der Waals surface area contributed by atoms with E-state index in [9.17, 15) is 4.79 Å². The fraction of sp³-hybridized carbons (Fsp3) is 0.200. The molecule has 2 heterocycles. The van der Waals surface area contributed by atoms with E-state index in [1.54, 1.807) is 18.5 Å². The smallest absolute Gasteiger partial charge is 0.372 e. The third-order valence-corrected chi connectivity index (χ3v) is 2.16. The van der Waals surface area contributed by atoms with Crippen molar-refractivity contribution in [1.82, 2.24) is 9.55 Å². The molecule has 0 amide bonds. The van der Waals surface area contributed by atoms with E-state index in [0.29, 0.717) is 11.4 Å². The zero-order valence-electron chi connectivity index (χ0n) is 8.17. The molecule has 2 aromatic heterocycles. The van der Waals surface area contributed by atoms with Gasteiger partial charge in [0.15, 0.2) is 0 Å². The van der Waals surface area contributed by atoms with Crippen molar-refractivity contribution >= 4 is 5.97 Å². The van der Waals surface area contributed by atoms with Gasteiger partial charge in [-0.15, -0.1) is 0 Å². The van der Waals surface area contributed by atoms with E-state index in [2.05, 4.69) is 4.98 Å². The Morgan fingerprint density at radius 3 is 3.13 bits per heavy atom. The molecular formula is C10H10N2O3. The fourth-order valence-corrected chi connectivity index (χ4v) is 1.46. The van der Waals surface area contributed by atoms with E-state index in [1.165, 1.54) is 6.26 Å². The predicted molar refractivity (Wildman–Crippen MR) is 52.6 cm³/mol. The molecule has 2 aromatic rings. The molecule has 0 aliphatic rings. The van der Waals surface area contributed by atoms with Crippen molar-refractivity contribution in [3.8, 4) is 11.4 Å². The summed E-state index contributed by atoms with van der Waals surface area (Å²) in [6, 6.07) is 1.61. The first-order chi connectivity index (χ1) is 7.24. The maximum absolute atomic E-state index is 10.8. The molecule has 78 valence electrons. The number of aryl methyl sites for hydroxylation is 1. The average Bonchev–Trinajstić information content (AvgIpc) is 2.85. The lowest BCUT2D eigenvalue weighted by atomic mass is 10.2. The average molecular weight is 206 g/mol. The van der Waals surface area contributed by atoms with Crippen LogP contribution in [-0.2, 0) is 6.54 Å². The molecule has 0 unspecified atom stereocenters. The lowest BCUT2D eigenvalue weighted by Crippen LogP contribution is -2.01. The summed E-state index contributed by atoms with van der Waals surface area (Å²) in [5, 5.41) is 8.89. The van der Waals surface area contributed by atoms with E-state index in [1.807, 2.05) is 11.5 Å². The molecule has 15 heavy (non-hydrogen) atoms. The SMILES string of the molecule is CCn1ccnc1-c1ccoc1C(=O)O. The van der Waals surface area contributed by atoms with Crippen molar-refractivity contribution < 1.29 is 14.3 Å². The van der Waals surface area contributed by atoms with Gasteiger partial charge in [-0.3, -0.25) is 0 Å². The van der Waals surface area contributed by atoms with Crippen molar-refractivity contribution in [3.63, 3.8) is 0 Å². The van der Waals surface area contributed by atoms with Gasteiger partial charge >= 0.3 is 5.97 Å². The second kappa shape index (κ2) is 3.61. The minimum absolute atomic E-state index is 0.0732. The molecule has 0 bridgehead atoms. The highest BCUT2D eigenvalue weighted by Crippen LogP contribution is 2.23. The fourth-order valence-electron chi connectivity index (χ4n) is 1.46. The Hall–Kier alpha value is -2.04. The first-order valence-electron chi connectivity index (χ1n) is 4.56. The van der Waals surface area contributed by atoms with Gasteiger partial charge in [0.2, 0.25) is 5.76 Å². The number of aromatic nitrogens is 2. The summed E-state index contributed by atoms with van der Waals surface area (Å²) in [4.78, 5) is 15.0. The maximum atomic E-state index is 10.8. The van der Waals surface area contributed by atoms with Crippen LogP contribution >= 0.6 is 0 Å². The minimum atomic E-state index is -1.08. The van der Waals surface area contributed by atoms with Crippen LogP contribution in [0.1, 0.15) is 17.5 Å². The van der Waals surface area contributed by atoms with Gasteiger partial charge in [-0.2, -0.15) is 0 Å². The van der Waals surface area contributed by atoms with Gasteiger partial charge in [-0.25, -0.2) is 9.78 Å². The maximum Gasteiger partial charge on any atom is 0.372 e. The van der Waals surface area contributed by atoms with Crippen molar-refractivity contribution in [2.45, 2.75) is 13.5 Å². The Morgan fingerprint density at radius 2 is 2.47 bits per heavy atom. The third kappa shape index (κ3) is 1.52. The first-order valence-corrected chi connectivity index (χ1v) is 4.56. The molecular weight excluding hydrogens is 196 g/mol. The zero-order valence-corrected chi connectivity index (χ0v) is 8.17. The largest absolute Gasteiger partial charge is 0.475 e. The Labute approximate surface area is 86.0 Å². The predicted octanol–water partition coefficient (Wildman–Crippen LogP) is 1.86. The van der Waals surface area contributed by atoms with Gasteiger partial charge in [0.05, 0.1) is 11.8 Å². The molecule has 0 saturated carbocycles. The number of carbonyl (C=O) groups is 1. The Morgan fingerprint density at radius 1 is 1.67 bits per heavy atom. The van der Waals surface area contributed by atoms with Crippen LogP contribution < -0.4 is 0 Å². The van der Waals surface area contributed by atoms with Crippen LogP contribution in [0.2, 0.25) is 0 Å². The van der Waals surface area contributed by atoms with Crippen LogP contribution in [-0.4, -0.2) is 20.6 Å². The van der Waals surface area contributed by atoms with Gasteiger partial charge in [-0.05, 0) is 13.0 Å². The summed E-state index contributed by atoms with van der Waals surface area (Å²) in [7, 11) is 0. The van der Waals surface area contributed by atoms with Crippen LogP contribution in [0.3, 0.4) is 0 Å². The van der Waals surface area contributed by atoms with Gasteiger partial charge in [0, 0.05) is 18.9 Å². The second-order valence-electron chi connectivity index (χ2n) is 3.01. The number of aromatic carboxylic acids is 1. The van der Waals surface area contributed by atoms with Gasteiger partial charge in [-0.1, -0.05) is 0 Å². The van der Waals surface area contributed by atoms with E-state index < -0.39 is 5.97 Å². The molecule has 0 atom stereocenters. The van der Waals surface area contributed by atoms with Crippen molar-refractivity contribution in [3.05, 3.63) is 30.5 Å². The molecule has 1 N–H and O–H groups in total. The quantitative estimate of drug-likeness (QED) is 0.832. The Balaban J connectivity index is 2.54. The highest BCUT2D eigenvalue weighted by molar-refractivity contribution is 5.91. The summed E-state index contributed by atoms with van der Waals surface area (Å²) in [5.74, 6) is -0.541.